The average Bonchev–Trinajstić information content (AvgIpc) is 3.33. The Morgan fingerprint density at radius 2 is 1.87 bits per heavy atom. The van der Waals surface area contributed by atoms with Gasteiger partial charge in [-0.1, -0.05) is 10.8 Å². The minimum absolute atomic E-state index is 0.0759. The summed E-state index contributed by atoms with van der Waals surface area (Å²) in [5.41, 5.74) is 1.81. The number of anilines is 1. The third-order valence-corrected chi connectivity index (χ3v) is 5.96. The van der Waals surface area contributed by atoms with E-state index in [1.165, 1.54) is 0 Å². The fourth-order valence-corrected chi connectivity index (χ4v) is 4.26. The normalized spacial score (nSPS) is 18.8. The van der Waals surface area contributed by atoms with Gasteiger partial charge < -0.3 is 5.32 Å². The zero-order chi connectivity index (χ0) is 21.3. The smallest absolute Gasteiger partial charge is 0.294 e. The summed E-state index contributed by atoms with van der Waals surface area (Å²) in [6.45, 7) is -0.442. The molecule has 1 aromatic heterocycles. The van der Waals surface area contributed by atoms with Crippen LogP contribution in [0.5, 0.6) is 0 Å². The number of carbonyl (C=O) groups excluding carboxylic acids is 3. The molecule has 2 heterocycles. The zero-order valence-electron chi connectivity index (χ0n) is 15.7. The van der Waals surface area contributed by atoms with E-state index in [0.29, 0.717) is 23.0 Å². The van der Waals surface area contributed by atoms with Gasteiger partial charge in [0.2, 0.25) is 11.8 Å². The monoisotopic (exact) mass is 433 g/mol. The van der Waals surface area contributed by atoms with Crippen LogP contribution >= 0.6 is 11.8 Å². The quantitative estimate of drug-likeness (QED) is 0.743. The molecule has 30 heavy (non-hydrogen) atoms. The molecule has 0 bridgehead atoms. The Kier molecular flexibility index (Phi) is 5.37. The van der Waals surface area contributed by atoms with Crippen molar-refractivity contribution >= 4 is 34.5 Å². The number of nitrogens with zero attached hydrogens (tertiary/aromatic N) is 4. The summed E-state index contributed by atoms with van der Waals surface area (Å²) in [4.78, 5) is 38.2. The fraction of sp³-hybridized carbons (Fsp3) is 0.316. The van der Waals surface area contributed by atoms with Gasteiger partial charge >= 0.3 is 0 Å². The molecule has 1 saturated heterocycles. The summed E-state index contributed by atoms with van der Waals surface area (Å²) < 4.78 is 28.2. The highest BCUT2D eigenvalue weighted by atomic mass is 32.2. The lowest BCUT2D eigenvalue weighted by atomic mass is 9.91. The van der Waals surface area contributed by atoms with E-state index in [4.69, 9.17) is 0 Å². The van der Waals surface area contributed by atoms with E-state index in [0.717, 1.165) is 10.6 Å². The van der Waals surface area contributed by atoms with Crippen molar-refractivity contribution in [1.29, 1.82) is 0 Å². The van der Waals surface area contributed by atoms with Crippen molar-refractivity contribution in [2.24, 2.45) is 0 Å². The molecule has 2 fully saturated rings. The molecule has 0 atom stereocenters. The molecule has 2 aromatic rings. The Bertz CT molecular complexity index is 1010. The number of aromatic nitrogens is 3. The van der Waals surface area contributed by atoms with E-state index in [9.17, 15) is 23.2 Å². The number of thioether (sulfide) groups is 1. The minimum atomic E-state index is -2.73. The van der Waals surface area contributed by atoms with Crippen molar-refractivity contribution in [1.82, 2.24) is 19.9 Å². The second kappa shape index (κ2) is 7.98. The van der Waals surface area contributed by atoms with Crippen molar-refractivity contribution in [3.8, 4) is 5.69 Å². The van der Waals surface area contributed by atoms with Crippen LogP contribution in [0.2, 0.25) is 0 Å². The van der Waals surface area contributed by atoms with E-state index in [2.05, 4.69) is 15.6 Å². The number of nitrogens with one attached hydrogen (secondary N) is 1. The second-order valence-corrected chi connectivity index (χ2v) is 7.95. The summed E-state index contributed by atoms with van der Waals surface area (Å²) >= 11 is 0.714. The molecule has 0 radical (unpaired) electrons. The van der Waals surface area contributed by atoms with Gasteiger partial charge in [-0.3, -0.25) is 19.3 Å². The van der Waals surface area contributed by atoms with Crippen LogP contribution < -0.4 is 5.32 Å². The van der Waals surface area contributed by atoms with Gasteiger partial charge in [-0.25, -0.2) is 13.5 Å². The van der Waals surface area contributed by atoms with Crippen molar-refractivity contribution in [3.05, 3.63) is 47.1 Å². The van der Waals surface area contributed by atoms with Gasteiger partial charge in [0.15, 0.2) is 0 Å². The van der Waals surface area contributed by atoms with Crippen LogP contribution in [0.1, 0.15) is 25.7 Å². The Morgan fingerprint density at radius 1 is 1.17 bits per heavy atom. The Labute approximate surface area is 174 Å². The van der Waals surface area contributed by atoms with E-state index in [1.807, 2.05) is 0 Å². The van der Waals surface area contributed by atoms with Crippen LogP contribution in [-0.2, 0) is 9.59 Å². The first-order chi connectivity index (χ1) is 14.3. The molecule has 1 saturated carbocycles. The average molecular weight is 433 g/mol. The number of allylic oxidation sites excluding steroid dienone is 1. The number of carbonyl (C=O) groups is 3. The second-order valence-electron chi connectivity index (χ2n) is 6.99. The van der Waals surface area contributed by atoms with Crippen LogP contribution in [-0.4, -0.2) is 49.4 Å². The van der Waals surface area contributed by atoms with Gasteiger partial charge in [0.05, 0.1) is 23.0 Å². The van der Waals surface area contributed by atoms with Crippen molar-refractivity contribution in [2.75, 3.05) is 11.9 Å². The van der Waals surface area contributed by atoms with Crippen LogP contribution in [0.25, 0.3) is 5.69 Å². The number of benzene rings is 1. The predicted molar refractivity (Wildman–Crippen MR) is 105 cm³/mol. The molecule has 1 aromatic carbocycles. The molecule has 4 rings (SSSR count). The molecule has 1 N–H and O–H groups in total. The van der Waals surface area contributed by atoms with Gasteiger partial charge in [-0.2, -0.15) is 0 Å². The van der Waals surface area contributed by atoms with Crippen molar-refractivity contribution in [2.45, 2.75) is 31.6 Å². The van der Waals surface area contributed by atoms with Crippen LogP contribution in [0.3, 0.4) is 0 Å². The predicted octanol–water partition coefficient (Wildman–Crippen LogP) is 3.36. The SMILES string of the molecule is O=C(CN1C(=O)SC(=C2CCC(F)(F)CC2)C1=O)Nc1ccc(-n2ccnn2)cc1. The molecule has 0 unspecified atom stereocenters. The molecule has 3 amide bonds. The maximum Gasteiger partial charge on any atom is 0.294 e. The van der Waals surface area contributed by atoms with E-state index >= 15 is 0 Å². The summed E-state index contributed by atoms with van der Waals surface area (Å²) in [7, 11) is 0. The third kappa shape index (κ3) is 4.25. The summed E-state index contributed by atoms with van der Waals surface area (Å²) in [5, 5.41) is 9.64. The number of hydrogen-bond donors (Lipinski definition) is 1. The largest absolute Gasteiger partial charge is 0.325 e. The number of amides is 3. The first-order valence-electron chi connectivity index (χ1n) is 9.22. The highest BCUT2D eigenvalue weighted by Gasteiger charge is 2.41. The highest BCUT2D eigenvalue weighted by Crippen LogP contribution is 2.42. The lowest BCUT2D eigenvalue weighted by Gasteiger charge is -2.24. The van der Waals surface area contributed by atoms with Crippen LogP contribution in [0.4, 0.5) is 19.3 Å². The van der Waals surface area contributed by atoms with Gasteiger partial charge in [-0.05, 0) is 48.9 Å². The Hall–Kier alpha value is -3.08. The summed E-state index contributed by atoms with van der Waals surface area (Å²) in [6.07, 6.45) is 2.70. The topological polar surface area (TPSA) is 97.2 Å². The fourth-order valence-electron chi connectivity index (χ4n) is 3.28. The van der Waals surface area contributed by atoms with Crippen molar-refractivity contribution < 1.29 is 23.2 Å². The van der Waals surface area contributed by atoms with Gasteiger partial charge in [0.1, 0.15) is 6.54 Å². The third-order valence-electron chi connectivity index (χ3n) is 4.90. The van der Waals surface area contributed by atoms with E-state index in [-0.39, 0.29) is 30.6 Å². The van der Waals surface area contributed by atoms with Gasteiger partial charge in [-0.15, -0.1) is 5.10 Å². The maximum absolute atomic E-state index is 13.3. The van der Waals surface area contributed by atoms with E-state index < -0.39 is 29.5 Å². The number of imide groups is 1. The number of alkyl halides is 2. The molecule has 8 nitrogen and oxygen atoms in total. The molecular formula is C19H17F2N5O3S. The van der Waals surface area contributed by atoms with Crippen LogP contribution in [0, 0.1) is 0 Å². The minimum Gasteiger partial charge on any atom is -0.325 e. The number of halogens is 2. The molecule has 1 aliphatic heterocycles. The van der Waals surface area contributed by atoms with Gasteiger partial charge in [0, 0.05) is 18.5 Å². The molecule has 11 heteroatoms. The van der Waals surface area contributed by atoms with E-state index in [1.54, 1.807) is 41.3 Å². The lowest BCUT2D eigenvalue weighted by Crippen LogP contribution is -2.36. The molecule has 1 aliphatic carbocycles. The molecule has 0 spiro atoms. The molecular weight excluding hydrogens is 416 g/mol. The summed E-state index contributed by atoms with van der Waals surface area (Å²) in [6, 6.07) is 6.78. The summed E-state index contributed by atoms with van der Waals surface area (Å²) in [5.74, 6) is -3.86. The zero-order valence-corrected chi connectivity index (χ0v) is 16.5. The number of rotatable bonds is 4. The van der Waals surface area contributed by atoms with Crippen LogP contribution in [0.15, 0.2) is 47.1 Å². The molecule has 156 valence electrons. The number of hydrogen-bond acceptors (Lipinski definition) is 6. The lowest BCUT2D eigenvalue weighted by molar-refractivity contribution is -0.127. The van der Waals surface area contributed by atoms with Gasteiger partial charge in [0.25, 0.3) is 11.1 Å². The first kappa shape index (κ1) is 20.2. The standard InChI is InChI=1S/C19H17F2N5O3S/c20-19(21)7-5-12(6-8-19)16-17(28)25(18(29)30-16)11-15(27)23-13-1-3-14(4-2-13)26-10-9-22-24-26/h1-4,9-10H,5-8,11H2,(H,23,27). The Morgan fingerprint density at radius 3 is 2.50 bits per heavy atom. The first-order valence-corrected chi connectivity index (χ1v) is 10.0. The maximum atomic E-state index is 13.3. The highest BCUT2D eigenvalue weighted by molar-refractivity contribution is 8.18. The van der Waals surface area contributed by atoms with Crippen molar-refractivity contribution in [3.63, 3.8) is 0 Å². The molecule has 2 aliphatic rings. The Balaban J connectivity index is 1.38.